The van der Waals surface area contributed by atoms with Crippen LogP contribution in [0.1, 0.15) is 48.3 Å². The molecule has 2 aromatic heterocycles. The molecule has 0 spiro atoms. The van der Waals surface area contributed by atoms with Gasteiger partial charge in [0.2, 0.25) is 0 Å². The molecule has 6 nitrogen and oxygen atoms in total. The molecule has 35 heavy (non-hydrogen) atoms. The van der Waals surface area contributed by atoms with Gasteiger partial charge in [-0.15, -0.1) is 0 Å². The lowest BCUT2D eigenvalue weighted by molar-refractivity contribution is 0.0539. The number of piperidine rings is 1. The van der Waals surface area contributed by atoms with Gasteiger partial charge in [-0.2, -0.15) is 5.10 Å². The highest BCUT2D eigenvalue weighted by Crippen LogP contribution is 2.45. The van der Waals surface area contributed by atoms with E-state index in [2.05, 4.69) is 64.7 Å². The van der Waals surface area contributed by atoms with E-state index in [9.17, 15) is 4.79 Å². The first-order valence-electron chi connectivity index (χ1n) is 12.4. The van der Waals surface area contributed by atoms with Crippen molar-refractivity contribution >= 4 is 17.3 Å². The molecule has 0 saturated carbocycles. The van der Waals surface area contributed by atoms with Crippen LogP contribution in [-0.4, -0.2) is 44.3 Å². The van der Waals surface area contributed by atoms with Crippen LogP contribution in [0.15, 0.2) is 79.3 Å². The Balaban J connectivity index is 1.14. The summed E-state index contributed by atoms with van der Waals surface area (Å²) in [6, 6.07) is 19.0. The Morgan fingerprint density at radius 2 is 1.74 bits per heavy atom. The van der Waals surface area contributed by atoms with Crippen molar-refractivity contribution in [1.29, 1.82) is 0 Å². The zero-order valence-electron chi connectivity index (χ0n) is 19.4. The third-order valence-corrected chi connectivity index (χ3v) is 7.81. The molecule has 2 bridgehead atoms. The summed E-state index contributed by atoms with van der Waals surface area (Å²) in [7, 11) is 0. The molecule has 2 aliphatic heterocycles. The van der Waals surface area contributed by atoms with Crippen molar-refractivity contribution in [2.75, 3.05) is 6.61 Å². The van der Waals surface area contributed by atoms with Crippen LogP contribution in [-0.2, 0) is 4.74 Å². The van der Waals surface area contributed by atoms with E-state index in [1.165, 1.54) is 27.8 Å². The average Bonchev–Trinajstić information content (AvgIpc) is 3.46. The Hall–Kier alpha value is -3.93. The van der Waals surface area contributed by atoms with E-state index in [1.807, 2.05) is 27.9 Å². The number of ether oxygens (including phenoxy) is 1. The summed E-state index contributed by atoms with van der Waals surface area (Å²) in [5.41, 5.74) is 8.13. The minimum absolute atomic E-state index is 0.0480. The van der Waals surface area contributed by atoms with Crippen molar-refractivity contribution in [2.24, 2.45) is 0 Å². The van der Waals surface area contributed by atoms with Crippen LogP contribution >= 0.6 is 0 Å². The molecule has 7 rings (SSSR count). The zero-order chi connectivity index (χ0) is 23.4. The number of carbonyl (C=O) groups is 1. The molecule has 2 unspecified atom stereocenters. The van der Waals surface area contributed by atoms with Gasteiger partial charge in [-0.1, -0.05) is 54.6 Å². The van der Waals surface area contributed by atoms with E-state index in [0.29, 0.717) is 6.61 Å². The van der Waals surface area contributed by atoms with Crippen molar-refractivity contribution in [3.63, 3.8) is 0 Å². The zero-order valence-corrected chi connectivity index (χ0v) is 19.4. The molecule has 0 N–H and O–H groups in total. The first-order valence-corrected chi connectivity index (χ1v) is 12.4. The van der Waals surface area contributed by atoms with Gasteiger partial charge >= 0.3 is 6.09 Å². The minimum Gasteiger partial charge on any atom is -0.448 e. The highest BCUT2D eigenvalue weighted by atomic mass is 16.6. The van der Waals surface area contributed by atoms with Crippen LogP contribution in [0.4, 0.5) is 4.79 Å². The maximum Gasteiger partial charge on any atom is 0.410 e. The molecule has 1 fully saturated rings. The number of carbonyl (C=O) groups excluding carboxylic acids is 1. The van der Waals surface area contributed by atoms with Crippen LogP contribution in [0.25, 0.3) is 22.3 Å². The number of amides is 1. The molecule has 6 heteroatoms. The lowest BCUT2D eigenvalue weighted by Crippen LogP contribution is -2.51. The average molecular weight is 463 g/mol. The Labute approximate surface area is 203 Å². The second-order valence-electron chi connectivity index (χ2n) is 9.71. The molecule has 1 amide bonds. The van der Waals surface area contributed by atoms with Gasteiger partial charge in [-0.25, -0.2) is 14.3 Å². The fourth-order valence-electron chi connectivity index (χ4n) is 6.24. The Bertz CT molecular complexity index is 1430. The summed E-state index contributed by atoms with van der Waals surface area (Å²) in [6.45, 7) is 0.358. The van der Waals surface area contributed by atoms with Gasteiger partial charge in [0.15, 0.2) is 5.65 Å². The second kappa shape index (κ2) is 8.08. The number of nitrogens with zero attached hydrogens (tertiary/aromatic N) is 4. The number of benzene rings is 2. The standard InChI is InChI=1S/C29H26N4O2/c34-29(35-18-27-24-11-3-1-9-22(24)23-10-2-4-12-25(23)27)33-20-7-5-8-21(33)16-19(15-20)26-17-31-32-14-6-13-30-28(26)32/h1-4,6,9-15,17,20-21,27H,5,7-8,16,18H2. The number of hydrogen-bond acceptors (Lipinski definition) is 4. The first kappa shape index (κ1) is 20.4. The number of hydrogen-bond donors (Lipinski definition) is 0. The summed E-state index contributed by atoms with van der Waals surface area (Å²) in [5.74, 6) is 0.0759. The van der Waals surface area contributed by atoms with E-state index >= 15 is 0 Å². The third kappa shape index (κ3) is 3.27. The fraction of sp³-hybridized carbons (Fsp3) is 0.276. The van der Waals surface area contributed by atoms with E-state index < -0.39 is 0 Å². The Morgan fingerprint density at radius 1 is 0.971 bits per heavy atom. The van der Waals surface area contributed by atoms with Gasteiger partial charge in [-0.3, -0.25) is 4.90 Å². The van der Waals surface area contributed by atoms with Crippen molar-refractivity contribution < 1.29 is 9.53 Å². The van der Waals surface area contributed by atoms with Crippen LogP contribution in [0.3, 0.4) is 0 Å². The van der Waals surface area contributed by atoms with Crippen molar-refractivity contribution in [1.82, 2.24) is 19.5 Å². The summed E-state index contributed by atoms with van der Waals surface area (Å²) >= 11 is 0. The fourth-order valence-corrected chi connectivity index (χ4v) is 6.24. The number of rotatable bonds is 3. The maximum atomic E-state index is 13.4. The topological polar surface area (TPSA) is 59.7 Å². The van der Waals surface area contributed by atoms with Crippen molar-refractivity contribution in [3.8, 4) is 11.1 Å². The molecule has 4 heterocycles. The third-order valence-electron chi connectivity index (χ3n) is 7.81. The lowest BCUT2D eigenvalue weighted by atomic mass is 9.83. The molecule has 3 aliphatic rings. The quantitative estimate of drug-likeness (QED) is 0.393. The molecule has 1 aliphatic carbocycles. The van der Waals surface area contributed by atoms with Crippen LogP contribution < -0.4 is 0 Å². The SMILES string of the molecule is O=C(OCC1c2ccccc2-c2ccccc21)N1C2C=C(c3cnn4cccnc34)CC1CCC2. The molecule has 0 radical (unpaired) electrons. The van der Waals surface area contributed by atoms with Crippen LogP contribution in [0.5, 0.6) is 0 Å². The summed E-state index contributed by atoms with van der Waals surface area (Å²) in [6.07, 6.45) is 11.5. The largest absolute Gasteiger partial charge is 0.448 e. The van der Waals surface area contributed by atoms with Gasteiger partial charge in [0.25, 0.3) is 0 Å². The molecule has 2 atom stereocenters. The Morgan fingerprint density at radius 3 is 2.51 bits per heavy atom. The predicted molar refractivity (Wildman–Crippen MR) is 134 cm³/mol. The monoisotopic (exact) mass is 462 g/mol. The van der Waals surface area contributed by atoms with E-state index in [0.717, 1.165) is 36.9 Å². The summed E-state index contributed by atoms with van der Waals surface area (Å²) < 4.78 is 7.85. The van der Waals surface area contributed by atoms with Gasteiger partial charge in [0.05, 0.1) is 12.2 Å². The van der Waals surface area contributed by atoms with Crippen molar-refractivity contribution in [2.45, 2.75) is 43.7 Å². The second-order valence-corrected chi connectivity index (χ2v) is 9.71. The first-order chi connectivity index (χ1) is 17.3. The van der Waals surface area contributed by atoms with Crippen LogP contribution in [0, 0.1) is 0 Å². The van der Waals surface area contributed by atoms with Gasteiger partial charge < -0.3 is 4.74 Å². The number of aromatic nitrogens is 3. The van der Waals surface area contributed by atoms with E-state index in [-0.39, 0.29) is 24.1 Å². The highest BCUT2D eigenvalue weighted by molar-refractivity contribution is 5.80. The van der Waals surface area contributed by atoms with Crippen molar-refractivity contribution in [3.05, 3.63) is 96.0 Å². The molecule has 1 saturated heterocycles. The number of fused-ring (bicyclic) bond motifs is 6. The highest BCUT2D eigenvalue weighted by Gasteiger charge is 2.39. The van der Waals surface area contributed by atoms with Gasteiger partial charge in [0.1, 0.15) is 6.61 Å². The van der Waals surface area contributed by atoms with E-state index in [4.69, 9.17) is 4.74 Å². The van der Waals surface area contributed by atoms with E-state index in [1.54, 1.807) is 6.20 Å². The molecule has 2 aromatic carbocycles. The minimum atomic E-state index is -0.199. The normalized spacial score (nSPS) is 20.9. The molecule has 174 valence electrons. The summed E-state index contributed by atoms with van der Waals surface area (Å²) in [5, 5.41) is 4.46. The molecular formula is C29H26N4O2. The predicted octanol–water partition coefficient (Wildman–Crippen LogP) is 5.69. The van der Waals surface area contributed by atoms with Crippen LogP contribution in [0.2, 0.25) is 0 Å². The molecule has 4 aromatic rings. The Kier molecular flexibility index (Phi) is 4.72. The smallest absolute Gasteiger partial charge is 0.410 e. The van der Waals surface area contributed by atoms with Gasteiger partial charge in [-0.05, 0) is 59.6 Å². The summed E-state index contributed by atoms with van der Waals surface area (Å²) in [4.78, 5) is 20.0. The van der Waals surface area contributed by atoms with Gasteiger partial charge in [0, 0.05) is 29.9 Å². The molecular weight excluding hydrogens is 436 g/mol. The maximum absolute atomic E-state index is 13.4. The lowest BCUT2D eigenvalue weighted by Gasteiger charge is -2.44.